The van der Waals surface area contributed by atoms with Gasteiger partial charge in [0.15, 0.2) is 0 Å². The van der Waals surface area contributed by atoms with Crippen molar-refractivity contribution in [3.05, 3.63) is 0 Å². The molecular weight excluding hydrogens is 292 g/mol. The molecule has 0 spiro atoms. The minimum Gasteiger partial charge on any atom is -0.313 e. The molecule has 0 aromatic heterocycles. The average molecular weight is 322 g/mol. The molecule has 21 heavy (non-hydrogen) atoms. The lowest BCUT2D eigenvalue weighted by Gasteiger charge is -2.28. The van der Waals surface area contributed by atoms with Crippen molar-refractivity contribution in [2.24, 2.45) is 11.7 Å². The summed E-state index contributed by atoms with van der Waals surface area (Å²) in [5.74, 6) is 0.357. The van der Waals surface area contributed by atoms with Gasteiger partial charge in [-0.3, -0.25) is 9.39 Å². The van der Waals surface area contributed by atoms with Crippen LogP contribution in [0.1, 0.15) is 71.1 Å². The second-order valence-corrected chi connectivity index (χ2v) is 7.21. The highest BCUT2D eigenvalue weighted by Gasteiger charge is 2.28. The molecule has 1 rings (SSSR count). The monoisotopic (exact) mass is 322 g/mol. The van der Waals surface area contributed by atoms with Crippen molar-refractivity contribution in [3.63, 3.8) is 0 Å². The van der Waals surface area contributed by atoms with Gasteiger partial charge in [0.1, 0.15) is 6.17 Å². The maximum atomic E-state index is 11.4. The molecule has 0 radical (unpaired) electrons. The molecule has 1 atom stereocenters. The van der Waals surface area contributed by atoms with Crippen LogP contribution in [0.25, 0.3) is 0 Å². The van der Waals surface area contributed by atoms with E-state index in [0.29, 0.717) is 23.4 Å². The number of nitrogens with two attached hydrogens (primary N) is 1. The fourth-order valence-electron chi connectivity index (χ4n) is 2.75. The predicted octanol–water partition coefficient (Wildman–Crippen LogP) is 2.86. The lowest BCUT2D eigenvalue weighted by atomic mass is 9.90. The summed E-state index contributed by atoms with van der Waals surface area (Å²) < 4.78 is 32.7. The van der Waals surface area contributed by atoms with Crippen molar-refractivity contribution in [1.29, 1.82) is 0 Å². The Balaban J connectivity index is 2.43. The van der Waals surface area contributed by atoms with Crippen LogP contribution < -0.4 is 5.73 Å². The minimum absolute atomic E-state index is 0.308. The van der Waals surface area contributed by atoms with Gasteiger partial charge in [0, 0.05) is 0 Å². The highest BCUT2D eigenvalue weighted by atomic mass is 32.2. The van der Waals surface area contributed by atoms with E-state index < -0.39 is 16.5 Å². The first-order valence-electron chi connectivity index (χ1n) is 8.10. The third-order valence-corrected chi connectivity index (χ3v) is 4.84. The second-order valence-electron chi connectivity index (χ2n) is 5.95. The highest BCUT2D eigenvalue weighted by molar-refractivity contribution is 7.83. The summed E-state index contributed by atoms with van der Waals surface area (Å²) in [6.07, 6.45) is 9.35. The molecule has 0 aromatic carbocycles. The summed E-state index contributed by atoms with van der Waals surface area (Å²) in [5.41, 5.74) is 5.86. The van der Waals surface area contributed by atoms with Gasteiger partial charge in [0.05, 0.1) is 6.61 Å². The van der Waals surface area contributed by atoms with Crippen molar-refractivity contribution in [2.75, 3.05) is 6.61 Å². The van der Waals surface area contributed by atoms with E-state index >= 15 is 0 Å². The van der Waals surface area contributed by atoms with Crippen molar-refractivity contribution >= 4 is 10.3 Å². The zero-order valence-electron chi connectivity index (χ0n) is 13.0. The number of rotatable bonds is 10. The number of nitrogens with zero attached hydrogens (tertiary/aromatic N) is 1. The van der Waals surface area contributed by atoms with Crippen molar-refractivity contribution < 1.29 is 17.8 Å². The molecule has 1 fully saturated rings. The third-order valence-electron chi connectivity index (χ3n) is 4.01. The first-order valence-corrected chi connectivity index (χ1v) is 9.50. The van der Waals surface area contributed by atoms with E-state index in [1.807, 2.05) is 0 Å². The zero-order valence-corrected chi connectivity index (χ0v) is 13.9. The molecular formula is C14H30N2O4S. The van der Waals surface area contributed by atoms with Crippen LogP contribution in [0.3, 0.4) is 0 Å². The minimum atomic E-state index is -4.42. The molecule has 0 amide bonds. The lowest BCUT2D eigenvalue weighted by molar-refractivity contribution is -0.134. The molecule has 1 unspecified atom stereocenters. The van der Waals surface area contributed by atoms with E-state index in [9.17, 15) is 13.0 Å². The molecule has 1 aliphatic carbocycles. The summed E-state index contributed by atoms with van der Waals surface area (Å²) >= 11 is 0. The maximum absolute atomic E-state index is 11.4. The van der Waals surface area contributed by atoms with E-state index in [4.69, 9.17) is 10.6 Å². The van der Waals surface area contributed by atoms with Crippen LogP contribution in [0.2, 0.25) is 0 Å². The van der Waals surface area contributed by atoms with Crippen LogP contribution in [0.5, 0.6) is 0 Å². The van der Waals surface area contributed by atoms with Gasteiger partial charge >= 0.3 is 10.3 Å². The first-order chi connectivity index (χ1) is 9.95. The molecule has 0 bridgehead atoms. The molecule has 1 saturated carbocycles. The number of hydrogen-bond donors (Lipinski definition) is 2. The van der Waals surface area contributed by atoms with Crippen molar-refractivity contribution in [1.82, 2.24) is 4.47 Å². The topological polar surface area (TPSA) is 92.9 Å². The van der Waals surface area contributed by atoms with E-state index in [1.165, 1.54) is 6.42 Å². The molecule has 7 heteroatoms. The van der Waals surface area contributed by atoms with Crippen molar-refractivity contribution in [2.45, 2.75) is 77.3 Å². The lowest BCUT2D eigenvalue weighted by Crippen LogP contribution is -2.46. The summed E-state index contributed by atoms with van der Waals surface area (Å²) in [6.45, 7) is 2.42. The summed E-state index contributed by atoms with van der Waals surface area (Å²) in [4.78, 5) is 5.34. The Morgan fingerprint density at radius 1 is 1.24 bits per heavy atom. The van der Waals surface area contributed by atoms with Gasteiger partial charge < -0.3 is 5.73 Å². The first kappa shape index (κ1) is 18.8. The largest absolute Gasteiger partial charge is 0.359 e. The summed E-state index contributed by atoms with van der Waals surface area (Å²) in [7, 11) is -4.42. The fraction of sp³-hybridized carbons (Fsp3) is 1.00. The molecule has 126 valence electrons. The molecule has 0 aromatic rings. The van der Waals surface area contributed by atoms with E-state index in [2.05, 4.69) is 6.92 Å². The van der Waals surface area contributed by atoms with E-state index in [-0.39, 0.29) is 0 Å². The Morgan fingerprint density at radius 2 is 1.90 bits per heavy atom. The van der Waals surface area contributed by atoms with Crippen LogP contribution in [-0.4, -0.2) is 30.2 Å². The number of hydrogen-bond acceptors (Lipinski definition) is 4. The quantitative estimate of drug-likeness (QED) is 0.279. The average Bonchev–Trinajstić information content (AvgIpc) is 2.43. The smallest absolute Gasteiger partial charge is 0.313 e. The van der Waals surface area contributed by atoms with E-state index in [0.717, 1.165) is 51.4 Å². The molecule has 3 N–H and O–H groups in total. The van der Waals surface area contributed by atoms with Crippen LogP contribution >= 0.6 is 0 Å². The van der Waals surface area contributed by atoms with E-state index in [1.54, 1.807) is 0 Å². The van der Waals surface area contributed by atoms with Gasteiger partial charge in [-0.05, 0) is 29.6 Å². The number of hydroxylamine groups is 1. The Kier molecular flexibility index (Phi) is 8.73. The molecule has 0 saturated heterocycles. The molecule has 0 aliphatic heterocycles. The number of unbranched alkanes of at least 4 members (excludes halogenated alkanes) is 3. The molecule has 6 nitrogen and oxygen atoms in total. The predicted molar refractivity (Wildman–Crippen MR) is 82.6 cm³/mol. The van der Waals surface area contributed by atoms with Crippen molar-refractivity contribution in [3.8, 4) is 0 Å². The SMILES string of the molecule is CCCCCCC(N)N(OCC1CCCCC1)S(=O)(=O)O. The second kappa shape index (κ2) is 9.74. The third kappa shape index (κ3) is 7.56. The Bertz CT molecular complexity index is 369. The van der Waals surface area contributed by atoms with Crippen LogP contribution in [0.15, 0.2) is 0 Å². The normalized spacial score (nSPS) is 19.0. The summed E-state index contributed by atoms with van der Waals surface area (Å²) in [6, 6.07) is 0. The van der Waals surface area contributed by atoms with Crippen LogP contribution in [0.4, 0.5) is 0 Å². The van der Waals surface area contributed by atoms with Gasteiger partial charge in [-0.1, -0.05) is 51.9 Å². The van der Waals surface area contributed by atoms with Gasteiger partial charge in [0.2, 0.25) is 0 Å². The van der Waals surface area contributed by atoms with Gasteiger partial charge in [-0.25, -0.2) is 0 Å². The summed E-state index contributed by atoms with van der Waals surface area (Å²) in [5, 5.41) is 0. The van der Waals surface area contributed by atoms with Gasteiger partial charge in [-0.2, -0.15) is 8.42 Å². The Hall–Kier alpha value is -0.210. The standard InChI is InChI=1S/C14H30N2O4S/c1-2-3-4-8-11-14(15)16(21(17,18)19)20-12-13-9-6-5-7-10-13/h13-14H,2-12,15H2,1H3,(H,17,18,19). The highest BCUT2D eigenvalue weighted by Crippen LogP contribution is 2.24. The van der Waals surface area contributed by atoms with Gasteiger partial charge in [-0.15, -0.1) is 0 Å². The molecule has 0 heterocycles. The Labute approximate surface area is 128 Å². The van der Waals surface area contributed by atoms with Crippen LogP contribution in [-0.2, 0) is 15.1 Å². The zero-order chi connectivity index (χ0) is 15.7. The maximum Gasteiger partial charge on any atom is 0.359 e. The Morgan fingerprint density at radius 3 is 2.48 bits per heavy atom. The fourth-order valence-corrected chi connectivity index (χ4v) is 3.39. The molecule has 1 aliphatic rings. The van der Waals surface area contributed by atoms with Gasteiger partial charge in [0.25, 0.3) is 0 Å². The van der Waals surface area contributed by atoms with Crippen LogP contribution in [0, 0.1) is 5.92 Å².